The van der Waals surface area contributed by atoms with Crippen LogP contribution in [0.4, 0.5) is 10.5 Å². The Hall–Kier alpha value is -1.88. The molecule has 3 N–H and O–H groups in total. The molecular formula is C16H24N2O3. The van der Waals surface area contributed by atoms with Crippen molar-refractivity contribution < 1.29 is 14.7 Å². The molecule has 1 atom stereocenters. The number of nitrogens with one attached hydrogen (secondary N) is 2. The molecule has 0 aliphatic heterocycles. The summed E-state index contributed by atoms with van der Waals surface area (Å²) < 4.78 is 0. The van der Waals surface area contributed by atoms with Gasteiger partial charge in [-0.3, -0.25) is 4.79 Å². The van der Waals surface area contributed by atoms with Crippen LogP contribution >= 0.6 is 0 Å². The normalized spacial score (nSPS) is 11.8. The second-order valence-electron chi connectivity index (χ2n) is 5.14. The smallest absolute Gasteiger partial charge is 0.319 e. The van der Waals surface area contributed by atoms with Gasteiger partial charge in [-0.2, -0.15) is 0 Å². The van der Waals surface area contributed by atoms with E-state index in [0.29, 0.717) is 30.1 Å². The van der Waals surface area contributed by atoms with Crippen LogP contribution in [0.25, 0.3) is 0 Å². The molecule has 116 valence electrons. The molecule has 1 rings (SSSR count). The van der Waals surface area contributed by atoms with E-state index in [1.54, 1.807) is 24.3 Å². The molecule has 0 heterocycles. The third kappa shape index (κ3) is 6.40. The van der Waals surface area contributed by atoms with Crippen molar-refractivity contribution in [3.8, 4) is 0 Å². The van der Waals surface area contributed by atoms with Crippen LogP contribution in [0.3, 0.4) is 0 Å². The van der Waals surface area contributed by atoms with Gasteiger partial charge in [0.25, 0.3) is 0 Å². The Balaban J connectivity index is 2.43. The number of carbonyl (C=O) groups excluding carboxylic acids is 2. The maximum absolute atomic E-state index is 11.8. The zero-order valence-electron chi connectivity index (χ0n) is 12.7. The fraction of sp³-hybridized carbons (Fsp3) is 0.500. The van der Waals surface area contributed by atoms with Gasteiger partial charge in [0.1, 0.15) is 0 Å². The van der Waals surface area contributed by atoms with Gasteiger partial charge in [0.15, 0.2) is 5.78 Å². The number of urea groups is 1. The molecule has 0 aromatic heterocycles. The van der Waals surface area contributed by atoms with E-state index < -0.39 is 0 Å². The first-order valence-electron chi connectivity index (χ1n) is 7.33. The van der Waals surface area contributed by atoms with Crippen molar-refractivity contribution >= 4 is 17.5 Å². The third-order valence-electron chi connectivity index (χ3n) is 3.33. The SMILES string of the molecule is CCCC(CCO)CNC(=O)Nc1ccc(C(C)=O)cc1. The molecule has 0 spiro atoms. The summed E-state index contributed by atoms with van der Waals surface area (Å²) in [6, 6.07) is 6.50. The number of aliphatic hydroxyl groups is 1. The van der Waals surface area contributed by atoms with E-state index in [4.69, 9.17) is 5.11 Å². The zero-order chi connectivity index (χ0) is 15.7. The lowest BCUT2D eigenvalue weighted by Gasteiger charge is -2.16. The second kappa shape index (κ2) is 9.13. The van der Waals surface area contributed by atoms with Crippen LogP contribution in [0.1, 0.15) is 43.5 Å². The number of aliphatic hydroxyl groups excluding tert-OH is 1. The summed E-state index contributed by atoms with van der Waals surface area (Å²) in [4.78, 5) is 23.0. The number of hydrogen-bond donors (Lipinski definition) is 3. The van der Waals surface area contributed by atoms with Crippen LogP contribution in [0.2, 0.25) is 0 Å². The van der Waals surface area contributed by atoms with Crippen molar-refractivity contribution in [3.63, 3.8) is 0 Å². The Bertz CT molecular complexity index is 451. The van der Waals surface area contributed by atoms with Crippen LogP contribution < -0.4 is 10.6 Å². The Kier molecular flexibility index (Phi) is 7.46. The highest BCUT2D eigenvalue weighted by Crippen LogP contribution is 2.11. The summed E-state index contributed by atoms with van der Waals surface area (Å²) in [5.74, 6) is 0.295. The molecule has 2 amide bonds. The van der Waals surface area contributed by atoms with E-state index in [0.717, 1.165) is 12.8 Å². The molecule has 1 aromatic rings. The molecule has 0 aliphatic rings. The molecule has 21 heavy (non-hydrogen) atoms. The van der Waals surface area contributed by atoms with Crippen molar-refractivity contribution in [2.45, 2.75) is 33.1 Å². The summed E-state index contributed by atoms with van der Waals surface area (Å²) >= 11 is 0. The largest absolute Gasteiger partial charge is 0.396 e. The van der Waals surface area contributed by atoms with Gasteiger partial charge in [-0.15, -0.1) is 0 Å². The lowest BCUT2D eigenvalue weighted by Crippen LogP contribution is -2.33. The standard InChI is InChI=1S/C16H24N2O3/c1-3-4-13(9-10-19)11-17-16(21)18-15-7-5-14(6-8-15)12(2)20/h5-8,13,19H,3-4,9-11H2,1-2H3,(H2,17,18,21). The predicted molar refractivity (Wildman–Crippen MR) is 83.6 cm³/mol. The van der Waals surface area contributed by atoms with Crippen LogP contribution in [-0.4, -0.2) is 30.1 Å². The Morgan fingerprint density at radius 1 is 1.19 bits per heavy atom. The van der Waals surface area contributed by atoms with E-state index in [2.05, 4.69) is 17.6 Å². The Morgan fingerprint density at radius 3 is 2.38 bits per heavy atom. The zero-order valence-corrected chi connectivity index (χ0v) is 12.7. The van der Waals surface area contributed by atoms with Gasteiger partial charge in [-0.1, -0.05) is 13.3 Å². The molecule has 0 radical (unpaired) electrons. The molecule has 5 heteroatoms. The lowest BCUT2D eigenvalue weighted by molar-refractivity contribution is 0.101. The highest BCUT2D eigenvalue weighted by Gasteiger charge is 2.09. The minimum absolute atomic E-state index is 0.00240. The maximum atomic E-state index is 11.8. The second-order valence-corrected chi connectivity index (χ2v) is 5.14. The van der Waals surface area contributed by atoms with E-state index in [9.17, 15) is 9.59 Å². The molecule has 1 aromatic carbocycles. The molecule has 1 unspecified atom stereocenters. The monoisotopic (exact) mass is 292 g/mol. The number of benzene rings is 1. The van der Waals surface area contributed by atoms with Gasteiger partial charge in [0, 0.05) is 24.4 Å². The Labute approximate surface area is 125 Å². The number of anilines is 1. The first-order chi connectivity index (χ1) is 10.1. The highest BCUT2D eigenvalue weighted by atomic mass is 16.3. The predicted octanol–water partition coefficient (Wildman–Crippen LogP) is 2.81. The molecular weight excluding hydrogens is 268 g/mol. The summed E-state index contributed by atoms with van der Waals surface area (Å²) in [6.45, 7) is 4.28. The van der Waals surface area contributed by atoms with Crippen LogP contribution in [-0.2, 0) is 0 Å². The fourth-order valence-corrected chi connectivity index (χ4v) is 2.14. The van der Waals surface area contributed by atoms with Gasteiger partial charge in [-0.25, -0.2) is 4.79 Å². The van der Waals surface area contributed by atoms with Crippen molar-refractivity contribution in [1.82, 2.24) is 5.32 Å². The topological polar surface area (TPSA) is 78.4 Å². The number of amides is 2. The van der Waals surface area contributed by atoms with Gasteiger partial charge >= 0.3 is 6.03 Å². The van der Waals surface area contributed by atoms with E-state index >= 15 is 0 Å². The summed E-state index contributed by atoms with van der Waals surface area (Å²) in [5.41, 5.74) is 1.26. The van der Waals surface area contributed by atoms with Crippen LogP contribution in [0, 0.1) is 5.92 Å². The quantitative estimate of drug-likeness (QED) is 0.645. The number of rotatable bonds is 8. The van der Waals surface area contributed by atoms with Crippen molar-refractivity contribution in [2.24, 2.45) is 5.92 Å². The Morgan fingerprint density at radius 2 is 1.86 bits per heavy atom. The lowest BCUT2D eigenvalue weighted by atomic mass is 10.0. The minimum Gasteiger partial charge on any atom is -0.396 e. The van der Waals surface area contributed by atoms with E-state index in [1.165, 1.54) is 6.92 Å². The van der Waals surface area contributed by atoms with Gasteiger partial charge in [-0.05, 0) is 49.9 Å². The van der Waals surface area contributed by atoms with Gasteiger partial charge in [0.2, 0.25) is 0 Å². The third-order valence-corrected chi connectivity index (χ3v) is 3.33. The number of hydrogen-bond acceptors (Lipinski definition) is 3. The molecule has 0 bridgehead atoms. The summed E-state index contributed by atoms with van der Waals surface area (Å²) in [5, 5.41) is 14.5. The van der Waals surface area contributed by atoms with Crippen molar-refractivity contribution in [3.05, 3.63) is 29.8 Å². The number of Topliss-reactive ketones (excluding diaryl/α,β-unsaturated/α-hetero) is 1. The molecule has 0 aliphatic carbocycles. The van der Waals surface area contributed by atoms with Crippen molar-refractivity contribution in [1.29, 1.82) is 0 Å². The number of ketones is 1. The first-order valence-corrected chi connectivity index (χ1v) is 7.33. The average molecular weight is 292 g/mol. The summed E-state index contributed by atoms with van der Waals surface area (Å²) in [6.07, 6.45) is 2.70. The van der Waals surface area contributed by atoms with Crippen LogP contribution in [0.15, 0.2) is 24.3 Å². The van der Waals surface area contributed by atoms with Crippen LogP contribution in [0.5, 0.6) is 0 Å². The minimum atomic E-state index is -0.274. The average Bonchev–Trinajstić information content (AvgIpc) is 2.46. The molecule has 0 fully saturated rings. The van der Waals surface area contributed by atoms with Crippen molar-refractivity contribution in [2.75, 3.05) is 18.5 Å². The van der Waals surface area contributed by atoms with E-state index in [1.807, 2.05) is 0 Å². The molecule has 5 nitrogen and oxygen atoms in total. The van der Waals surface area contributed by atoms with E-state index in [-0.39, 0.29) is 18.4 Å². The first kappa shape index (κ1) is 17.2. The fourth-order valence-electron chi connectivity index (χ4n) is 2.14. The molecule has 0 saturated carbocycles. The molecule has 0 saturated heterocycles. The summed E-state index contributed by atoms with van der Waals surface area (Å²) in [7, 11) is 0. The highest BCUT2D eigenvalue weighted by molar-refractivity contribution is 5.95. The number of carbonyl (C=O) groups is 2. The maximum Gasteiger partial charge on any atom is 0.319 e. The van der Waals surface area contributed by atoms with Gasteiger partial charge in [0.05, 0.1) is 0 Å². The van der Waals surface area contributed by atoms with Gasteiger partial charge < -0.3 is 15.7 Å².